The van der Waals surface area contributed by atoms with E-state index in [-0.39, 0.29) is 11.8 Å². The van der Waals surface area contributed by atoms with Crippen LogP contribution in [0.4, 0.5) is 5.69 Å². The molecule has 1 heterocycles. The van der Waals surface area contributed by atoms with Gasteiger partial charge in [0.25, 0.3) is 0 Å². The SMILES string of the molecule is CCCOC(=O)c1ccc(N2C(=O)[C@H]3[C@H](C2=O)C2(Br)c4ccccc4C3(Br)c3ccccc32)cc1. The number of alkyl halides is 2. The van der Waals surface area contributed by atoms with Gasteiger partial charge in [0.15, 0.2) is 0 Å². The van der Waals surface area contributed by atoms with Crippen molar-refractivity contribution in [2.24, 2.45) is 11.8 Å². The third-order valence-electron chi connectivity index (χ3n) is 7.38. The van der Waals surface area contributed by atoms with E-state index in [2.05, 4.69) is 31.9 Å². The zero-order chi connectivity index (χ0) is 24.5. The fourth-order valence-corrected chi connectivity index (χ4v) is 8.25. The number of carbonyl (C=O) groups excluding carboxylic acids is 3. The summed E-state index contributed by atoms with van der Waals surface area (Å²) in [7, 11) is 0. The minimum absolute atomic E-state index is 0.258. The van der Waals surface area contributed by atoms with E-state index in [1.807, 2.05) is 55.5 Å². The van der Waals surface area contributed by atoms with Crippen molar-refractivity contribution in [2.75, 3.05) is 11.5 Å². The van der Waals surface area contributed by atoms with Crippen molar-refractivity contribution in [1.29, 1.82) is 0 Å². The molecule has 7 rings (SSSR count). The van der Waals surface area contributed by atoms with Gasteiger partial charge in [0.05, 0.1) is 38.3 Å². The van der Waals surface area contributed by atoms with Gasteiger partial charge in [-0.3, -0.25) is 9.59 Å². The van der Waals surface area contributed by atoms with Crippen molar-refractivity contribution in [3.8, 4) is 0 Å². The molecule has 0 radical (unpaired) electrons. The molecule has 0 unspecified atom stereocenters. The maximum Gasteiger partial charge on any atom is 0.338 e. The Bertz CT molecular complexity index is 1280. The summed E-state index contributed by atoms with van der Waals surface area (Å²) in [6.45, 7) is 2.27. The number of hydrogen-bond donors (Lipinski definition) is 0. The molecule has 0 N–H and O–H groups in total. The van der Waals surface area contributed by atoms with Crippen LogP contribution in [-0.4, -0.2) is 24.4 Å². The predicted molar refractivity (Wildman–Crippen MR) is 139 cm³/mol. The molecule has 1 saturated heterocycles. The lowest BCUT2D eigenvalue weighted by atomic mass is 9.54. The number of anilines is 1. The minimum Gasteiger partial charge on any atom is -0.462 e. The molecule has 3 aliphatic carbocycles. The van der Waals surface area contributed by atoms with Crippen LogP contribution in [0, 0.1) is 11.8 Å². The maximum absolute atomic E-state index is 14.0. The second-order valence-electron chi connectivity index (χ2n) is 9.16. The number of rotatable bonds is 4. The van der Waals surface area contributed by atoms with Crippen LogP contribution in [-0.2, 0) is 23.0 Å². The highest BCUT2D eigenvalue weighted by Gasteiger charge is 2.72. The highest BCUT2D eigenvalue weighted by Crippen LogP contribution is 2.70. The van der Waals surface area contributed by atoms with Gasteiger partial charge in [0, 0.05) is 0 Å². The number of ether oxygens (including phenoxy) is 1. The quantitative estimate of drug-likeness (QED) is 0.222. The van der Waals surface area contributed by atoms with Crippen molar-refractivity contribution in [1.82, 2.24) is 0 Å². The van der Waals surface area contributed by atoms with Gasteiger partial charge in [-0.1, -0.05) is 87.3 Å². The average Bonchev–Trinajstić information content (AvgIpc) is 3.17. The lowest BCUT2D eigenvalue weighted by Crippen LogP contribution is -2.56. The van der Waals surface area contributed by atoms with E-state index in [0.29, 0.717) is 17.9 Å². The zero-order valence-corrected chi connectivity index (χ0v) is 22.0. The number of benzene rings is 3. The van der Waals surface area contributed by atoms with Gasteiger partial charge in [-0.2, -0.15) is 0 Å². The Hall–Kier alpha value is -2.77. The number of esters is 1. The Kier molecular flexibility index (Phi) is 5.10. The summed E-state index contributed by atoms with van der Waals surface area (Å²) in [5.41, 5.74) is 4.80. The second kappa shape index (κ2) is 7.87. The van der Waals surface area contributed by atoms with Crippen LogP contribution in [0.5, 0.6) is 0 Å². The fourth-order valence-electron chi connectivity index (χ4n) is 5.95. The Labute approximate surface area is 219 Å². The van der Waals surface area contributed by atoms with Gasteiger partial charge in [-0.25, -0.2) is 9.69 Å². The average molecular weight is 595 g/mol. The molecule has 4 aliphatic rings. The lowest BCUT2D eigenvalue weighted by Gasteiger charge is -2.55. The number of imide groups is 1. The molecule has 2 bridgehead atoms. The van der Waals surface area contributed by atoms with Crippen LogP contribution in [0.1, 0.15) is 46.0 Å². The third-order valence-corrected chi connectivity index (χ3v) is 10.1. The predicted octanol–water partition coefficient (Wildman–Crippen LogP) is 5.66. The second-order valence-corrected chi connectivity index (χ2v) is 11.7. The summed E-state index contributed by atoms with van der Waals surface area (Å²) >= 11 is 8.00. The van der Waals surface area contributed by atoms with Crippen LogP contribution >= 0.6 is 31.9 Å². The Morgan fingerprint density at radius 3 is 1.63 bits per heavy atom. The van der Waals surface area contributed by atoms with Crippen molar-refractivity contribution < 1.29 is 19.1 Å². The van der Waals surface area contributed by atoms with Gasteiger partial charge in [0.1, 0.15) is 0 Å². The topological polar surface area (TPSA) is 63.7 Å². The molecule has 3 aromatic carbocycles. The molecule has 2 amide bonds. The molecule has 0 aromatic heterocycles. The summed E-state index contributed by atoms with van der Waals surface area (Å²) in [5, 5.41) is 0. The number of hydrogen-bond acceptors (Lipinski definition) is 4. The van der Waals surface area contributed by atoms with Crippen molar-refractivity contribution in [3.63, 3.8) is 0 Å². The van der Waals surface area contributed by atoms with Crippen molar-refractivity contribution in [3.05, 3.63) is 101 Å². The van der Waals surface area contributed by atoms with Gasteiger partial charge in [-0.15, -0.1) is 0 Å². The lowest BCUT2D eigenvalue weighted by molar-refractivity contribution is -0.122. The van der Waals surface area contributed by atoms with E-state index in [1.54, 1.807) is 24.3 Å². The molecular weight excluding hydrogens is 574 g/mol. The van der Waals surface area contributed by atoms with Crippen LogP contribution < -0.4 is 4.90 Å². The first-order valence-corrected chi connectivity index (χ1v) is 13.2. The molecule has 176 valence electrons. The zero-order valence-electron chi connectivity index (χ0n) is 18.8. The first-order chi connectivity index (χ1) is 16.8. The molecule has 2 atom stereocenters. The van der Waals surface area contributed by atoms with E-state index >= 15 is 0 Å². The summed E-state index contributed by atoms with van der Waals surface area (Å²) in [6, 6.07) is 22.5. The number of carbonyl (C=O) groups is 3. The number of amides is 2. The highest BCUT2D eigenvalue weighted by molar-refractivity contribution is 9.10. The van der Waals surface area contributed by atoms with Crippen LogP contribution in [0.3, 0.4) is 0 Å². The van der Waals surface area contributed by atoms with Gasteiger partial charge in [-0.05, 0) is 52.9 Å². The Morgan fingerprint density at radius 2 is 1.23 bits per heavy atom. The first kappa shape index (κ1) is 22.7. The van der Waals surface area contributed by atoms with E-state index < -0.39 is 26.5 Å². The summed E-state index contributed by atoms with van der Waals surface area (Å²) in [4.78, 5) is 41.6. The molecule has 35 heavy (non-hydrogen) atoms. The van der Waals surface area contributed by atoms with E-state index in [9.17, 15) is 14.4 Å². The van der Waals surface area contributed by atoms with E-state index in [4.69, 9.17) is 4.74 Å². The number of halogens is 2. The Morgan fingerprint density at radius 1 is 0.800 bits per heavy atom. The molecule has 5 nitrogen and oxygen atoms in total. The highest BCUT2D eigenvalue weighted by atomic mass is 79.9. The van der Waals surface area contributed by atoms with E-state index in [0.717, 1.165) is 28.7 Å². The molecule has 1 fully saturated rings. The normalized spacial score (nSPS) is 27.9. The summed E-state index contributed by atoms with van der Waals surface area (Å²) in [6.07, 6.45) is 0.733. The van der Waals surface area contributed by atoms with Crippen LogP contribution in [0.15, 0.2) is 72.8 Å². The third kappa shape index (κ3) is 2.82. The standard InChI is InChI=1S/C28H21Br2NO4/c1-2-15-35-26(34)16-11-13-17(14-12-16)31-24(32)22-23(25(31)33)28(30)19-8-4-3-7-18(19)27(22,29)20-9-5-6-10-21(20)28/h3-14,22-23H,2,15H2,1H3/t22-,23-,27?,28?/m1/s1. The maximum atomic E-state index is 14.0. The van der Waals surface area contributed by atoms with Crippen LogP contribution in [0.25, 0.3) is 0 Å². The van der Waals surface area contributed by atoms with Gasteiger partial charge < -0.3 is 4.74 Å². The van der Waals surface area contributed by atoms with Crippen molar-refractivity contribution in [2.45, 2.75) is 22.0 Å². The summed E-state index contributed by atoms with van der Waals surface area (Å²) in [5.74, 6) is -2.20. The minimum atomic E-state index is -0.828. The van der Waals surface area contributed by atoms with Gasteiger partial charge >= 0.3 is 5.97 Å². The first-order valence-electron chi connectivity index (χ1n) is 11.6. The molecular formula is C28H21Br2NO4. The largest absolute Gasteiger partial charge is 0.462 e. The molecule has 0 saturated carbocycles. The molecule has 1 aliphatic heterocycles. The monoisotopic (exact) mass is 593 g/mol. The molecule has 7 heteroatoms. The fraction of sp³-hybridized carbons (Fsp3) is 0.250. The summed E-state index contributed by atoms with van der Waals surface area (Å²) < 4.78 is 3.54. The van der Waals surface area contributed by atoms with Crippen LogP contribution in [0.2, 0.25) is 0 Å². The van der Waals surface area contributed by atoms with Crippen molar-refractivity contribution >= 4 is 55.3 Å². The number of nitrogens with zero attached hydrogens (tertiary/aromatic N) is 1. The van der Waals surface area contributed by atoms with Gasteiger partial charge in [0.2, 0.25) is 11.8 Å². The smallest absolute Gasteiger partial charge is 0.338 e. The van der Waals surface area contributed by atoms with E-state index in [1.165, 1.54) is 4.90 Å². The molecule has 0 spiro atoms. The Balaban J connectivity index is 1.47. The molecule has 3 aromatic rings.